The second-order valence-electron chi connectivity index (χ2n) is 5.36. The summed E-state index contributed by atoms with van der Waals surface area (Å²) in [6, 6.07) is 7.12. The molecular formula is C16H18O2. The molecule has 1 N–H and O–H groups in total. The third-order valence-corrected chi connectivity index (χ3v) is 4.20. The molecular weight excluding hydrogens is 224 g/mol. The van der Waals surface area contributed by atoms with E-state index in [1.165, 1.54) is 31.3 Å². The minimum Gasteiger partial charge on any atom is -0.508 e. The molecule has 0 unspecified atom stereocenters. The van der Waals surface area contributed by atoms with Gasteiger partial charge in [0.1, 0.15) is 5.75 Å². The maximum absolute atomic E-state index is 12.1. The number of benzene rings is 1. The molecule has 0 radical (unpaired) electrons. The summed E-state index contributed by atoms with van der Waals surface area (Å²) >= 11 is 0. The van der Waals surface area contributed by atoms with Crippen LogP contribution in [0, 0.1) is 5.92 Å². The van der Waals surface area contributed by atoms with Crippen LogP contribution in [0.3, 0.4) is 0 Å². The maximum Gasteiger partial charge on any atom is 0.163 e. The van der Waals surface area contributed by atoms with Crippen molar-refractivity contribution in [3.63, 3.8) is 0 Å². The van der Waals surface area contributed by atoms with E-state index in [0.29, 0.717) is 12.3 Å². The zero-order chi connectivity index (χ0) is 12.5. The molecule has 2 aliphatic carbocycles. The number of phenols is 1. The SMILES string of the molecule is O=C1CCC(C2CCCC2)=C1c1cccc(O)c1. The van der Waals surface area contributed by atoms with Crippen molar-refractivity contribution in [1.29, 1.82) is 0 Å². The number of allylic oxidation sites excluding steroid dienone is 2. The van der Waals surface area contributed by atoms with E-state index in [1.807, 2.05) is 12.1 Å². The van der Waals surface area contributed by atoms with Crippen molar-refractivity contribution >= 4 is 11.4 Å². The van der Waals surface area contributed by atoms with Crippen molar-refractivity contribution in [3.8, 4) is 5.75 Å². The van der Waals surface area contributed by atoms with E-state index in [4.69, 9.17) is 0 Å². The minimum atomic E-state index is 0.241. The zero-order valence-electron chi connectivity index (χ0n) is 10.5. The van der Waals surface area contributed by atoms with Gasteiger partial charge >= 0.3 is 0 Å². The van der Waals surface area contributed by atoms with Gasteiger partial charge in [-0.25, -0.2) is 0 Å². The largest absolute Gasteiger partial charge is 0.508 e. The molecule has 0 saturated heterocycles. The summed E-state index contributed by atoms with van der Waals surface area (Å²) in [4.78, 5) is 12.1. The number of rotatable bonds is 2. The van der Waals surface area contributed by atoms with Crippen molar-refractivity contribution in [2.75, 3.05) is 0 Å². The molecule has 0 bridgehead atoms. The Labute approximate surface area is 107 Å². The lowest BCUT2D eigenvalue weighted by Crippen LogP contribution is -2.01. The van der Waals surface area contributed by atoms with Crippen molar-refractivity contribution in [3.05, 3.63) is 35.4 Å². The van der Waals surface area contributed by atoms with Gasteiger partial charge in [0.15, 0.2) is 5.78 Å². The molecule has 3 rings (SSSR count). The molecule has 2 nitrogen and oxygen atoms in total. The van der Waals surface area contributed by atoms with Gasteiger partial charge in [-0.05, 0) is 42.9 Å². The topological polar surface area (TPSA) is 37.3 Å². The predicted octanol–water partition coefficient (Wildman–Crippen LogP) is 3.70. The van der Waals surface area contributed by atoms with Gasteiger partial charge in [-0.1, -0.05) is 30.5 Å². The first-order valence-corrected chi connectivity index (χ1v) is 6.81. The highest BCUT2D eigenvalue weighted by Gasteiger charge is 2.30. The zero-order valence-corrected chi connectivity index (χ0v) is 10.5. The predicted molar refractivity (Wildman–Crippen MR) is 71.2 cm³/mol. The Morgan fingerprint density at radius 1 is 1.11 bits per heavy atom. The van der Waals surface area contributed by atoms with Crippen molar-refractivity contribution in [2.45, 2.75) is 38.5 Å². The molecule has 0 heterocycles. The van der Waals surface area contributed by atoms with Gasteiger partial charge in [-0.15, -0.1) is 0 Å². The van der Waals surface area contributed by atoms with Gasteiger partial charge in [0.25, 0.3) is 0 Å². The first-order valence-electron chi connectivity index (χ1n) is 6.81. The average Bonchev–Trinajstić information content (AvgIpc) is 2.97. The maximum atomic E-state index is 12.1. The lowest BCUT2D eigenvalue weighted by molar-refractivity contribution is -0.113. The lowest BCUT2D eigenvalue weighted by Gasteiger charge is -2.13. The monoisotopic (exact) mass is 242 g/mol. The second-order valence-corrected chi connectivity index (χ2v) is 5.36. The summed E-state index contributed by atoms with van der Waals surface area (Å²) < 4.78 is 0. The molecule has 0 amide bonds. The summed E-state index contributed by atoms with van der Waals surface area (Å²) in [5, 5.41) is 9.58. The first kappa shape index (κ1) is 11.5. The van der Waals surface area contributed by atoms with Crippen LogP contribution in [0.1, 0.15) is 44.1 Å². The highest BCUT2D eigenvalue weighted by Crippen LogP contribution is 2.42. The molecule has 1 fully saturated rings. The fourth-order valence-corrected chi connectivity index (χ4v) is 3.37. The number of hydrogen-bond donors (Lipinski definition) is 1. The van der Waals surface area contributed by atoms with Gasteiger partial charge in [-0.2, -0.15) is 0 Å². The van der Waals surface area contributed by atoms with Gasteiger partial charge in [0.2, 0.25) is 0 Å². The number of phenolic OH excluding ortho intramolecular Hbond substituents is 1. The molecule has 0 atom stereocenters. The Hall–Kier alpha value is -1.57. The molecule has 2 aliphatic rings. The smallest absolute Gasteiger partial charge is 0.163 e. The fourth-order valence-electron chi connectivity index (χ4n) is 3.37. The van der Waals surface area contributed by atoms with Crippen LogP contribution in [0.25, 0.3) is 5.57 Å². The van der Waals surface area contributed by atoms with Crippen LogP contribution in [-0.4, -0.2) is 10.9 Å². The molecule has 2 heteroatoms. The van der Waals surface area contributed by atoms with Gasteiger partial charge in [-0.3, -0.25) is 4.79 Å². The highest BCUT2D eigenvalue weighted by atomic mass is 16.3. The van der Waals surface area contributed by atoms with Crippen LogP contribution in [0.4, 0.5) is 0 Å². The van der Waals surface area contributed by atoms with E-state index in [9.17, 15) is 9.90 Å². The number of ketones is 1. The third-order valence-electron chi connectivity index (χ3n) is 4.20. The number of carbonyl (C=O) groups is 1. The molecule has 0 aliphatic heterocycles. The van der Waals surface area contributed by atoms with Crippen molar-refractivity contribution < 1.29 is 9.90 Å². The van der Waals surface area contributed by atoms with E-state index < -0.39 is 0 Å². The summed E-state index contributed by atoms with van der Waals surface area (Å²) in [5.74, 6) is 1.10. The van der Waals surface area contributed by atoms with Gasteiger partial charge in [0, 0.05) is 12.0 Å². The quantitative estimate of drug-likeness (QED) is 0.858. The first-order chi connectivity index (χ1) is 8.75. The standard InChI is InChI=1S/C16H18O2/c17-13-7-3-6-12(10-13)16-14(8-9-15(16)18)11-4-1-2-5-11/h3,6-7,10-11,17H,1-2,4-5,8-9H2. The van der Waals surface area contributed by atoms with Crippen molar-refractivity contribution in [2.24, 2.45) is 5.92 Å². The Balaban J connectivity index is 2.04. The van der Waals surface area contributed by atoms with Gasteiger partial charge in [0.05, 0.1) is 0 Å². The number of aromatic hydroxyl groups is 1. The third kappa shape index (κ3) is 1.96. The van der Waals surface area contributed by atoms with Crippen molar-refractivity contribution in [1.82, 2.24) is 0 Å². The summed E-state index contributed by atoms with van der Waals surface area (Å²) in [6.45, 7) is 0. The highest BCUT2D eigenvalue weighted by molar-refractivity contribution is 6.23. The Morgan fingerprint density at radius 3 is 2.61 bits per heavy atom. The Morgan fingerprint density at radius 2 is 1.89 bits per heavy atom. The van der Waals surface area contributed by atoms with Crippen LogP contribution in [0.15, 0.2) is 29.8 Å². The normalized spacial score (nSPS) is 21.0. The van der Waals surface area contributed by atoms with Crippen LogP contribution in [-0.2, 0) is 4.79 Å². The number of hydrogen-bond acceptors (Lipinski definition) is 2. The minimum absolute atomic E-state index is 0.241. The number of carbonyl (C=O) groups excluding carboxylic acids is 1. The molecule has 0 aromatic heterocycles. The van der Waals surface area contributed by atoms with Crippen LogP contribution in [0.2, 0.25) is 0 Å². The van der Waals surface area contributed by atoms with E-state index in [2.05, 4.69) is 0 Å². The molecule has 0 spiro atoms. The molecule has 1 saturated carbocycles. The van der Waals surface area contributed by atoms with Gasteiger partial charge < -0.3 is 5.11 Å². The molecule has 1 aromatic carbocycles. The Kier molecular flexibility index (Phi) is 2.94. The van der Waals surface area contributed by atoms with Crippen LogP contribution < -0.4 is 0 Å². The van der Waals surface area contributed by atoms with E-state index >= 15 is 0 Å². The molecule has 1 aromatic rings. The van der Waals surface area contributed by atoms with E-state index in [1.54, 1.807) is 12.1 Å². The summed E-state index contributed by atoms with van der Waals surface area (Å²) in [5.41, 5.74) is 3.15. The average molecular weight is 242 g/mol. The lowest BCUT2D eigenvalue weighted by atomic mass is 9.91. The molecule has 18 heavy (non-hydrogen) atoms. The molecule has 94 valence electrons. The second kappa shape index (κ2) is 4.60. The van der Waals surface area contributed by atoms with Crippen LogP contribution in [0.5, 0.6) is 5.75 Å². The summed E-state index contributed by atoms with van der Waals surface area (Å²) in [6.07, 6.45) is 6.60. The van der Waals surface area contributed by atoms with E-state index in [0.717, 1.165) is 17.6 Å². The Bertz CT molecular complexity index is 508. The fraction of sp³-hybridized carbons (Fsp3) is 0.438. The number of Topliss-reactive ketones (excluding diaryl/α,β-unsaturated/α-hetero) is 1. The van der Waals surface area contributed by atoms with Crippen LogP contribution >= 0.6 is 0 Å². The van der Waals surface area contributed by atoms with E-state index in [-0.39, 0.29) is 11.5 Å². The summed E-state index contributed by atoms with van der Waals surface area (Å²) in [7, 11) is 0.